The molecular formula is C13H12BrCl2NO. The molecule has 1 aromatic carbocycles. The zero-order valence-electron chi connectivity index (χ0n) is 9.71. The van der Waals surface area contributed by atoms with Crippen molar-refractivity contribution in [2.45, 2.75) is 12.5 Å². The van der Waals surface area contributed by atoms with Gasteiger partial charge < -0.3 is 9.73 Å². The quantitative estimate of drug-likeness (QED) is 0.854. The molecule has 1 N–H and O–H groups in total. The predicted octanol–water partition coefficient (Wildman–Crippen LogP) is 4.85. The molecule has 2 aromatic rings. The van der Waals surface area contributed by atoms with Crippen molar-refractivity contribution in [1.82, 2.24) is 5.32 Å². The topological polar surface area (TPSA) is 25.2 Å². The Balaban J connectivity index is 2.26. The van der Waals surface area contributed by atoms with E-state index in [0.717, 1.165) is 22.2 Å². The summed E-state index contributed by atoms with van der Waals surface area (Å²) in [6, 6.07) is 7.72. The molecule has 18 heavy (non-hydrogen) atoms. The summed E-state index contributed by atoms with van der Waals surface area (Å²) < 4.78 is 5.99. The average molecular weight is 349 g/mol. The van der Waals surface area contributed by atoms with Crippen molar-refractivity contribution < 1.29 is 4.42 Å². The molecule has 0 spiro atoms. The highest BCUT2D eigenvalue weighted by atomic mass is 79.9. The second kappa shape index (κ2) is 6.11. The Hall–Kier alpha value is -0.480. The second-order valence-electron chi connectivity index (χ2n) is 3.91. The van der Waals surface area contributed by atoms with E-state index in [1.165, 1.54) is 0 Å². The van der Waals surface area contributed by atoms with Crippen molar-refractivity contribution in [2.24, 2.45) is 0 Å². The maximum Gasteiger partial charge on any atom is 0.173 e. The van der Waals surface area contributed by atoms with Crippen LogP contribution in [-0.4, -0.2) is 7.05 Å². The van der Waals surface area contributed by atoms with Crippen LogP contribution in [-0.2, 0) is 6.42 Å². The summed E-state index contributed by atoms with van der Waals surface area (Å²) in [4.78, 5) is 0. The molecule has 1 atom stereocenters. The molecule has 1 heterocycles. The minimum atomic E-state index is 0.120. The molecule has 0 bridgehead atoms. The van der Waals surface area contributed by atoms with Crippen LogP contribution in [0.25, 0.3) is 0 Å². The summed E-state index contributed by atoms with van der Waals surface area (Å²) in [5, 5.41) is 4.44. The minimum Gasteiger partial charge on any atom is -0.457 e. The molecule has 0 aliphatic carbocycles. The molecule has 2 nitrogen and oxygen atoms in total. The third-order valence-corrected chi connectivity index (χ3v) is 4.33. The van der Waals surface area contributed by atoms with Crippen molar-refractivity contribution in [3.63, 3.8) is 0 Å². The van der Waals surface area contributed by atoms with Gasteiger partial charge in [0.05, 0.1) is 16.3 Å². The van der Waals surface area contributed by atoms with Gasteiger partial charge in [0.2, 0.25) is 0 Å². The molecule has 0 fully saturated rings. The molecule has 0 radical (unpaired) electrons. The molecule has 1 aromatic heterocycles. The van der Waals surface area contributed by atoms with Crippen molar-refractivity contribution in [1.29, 1.82) is 0 Å². The highest BCUT2D eigenvalue weighted by Gasteiger charge is 2.17. The summed E-state index contributed by atoms with van der Waals surface area (Å²) in [6.45, 7) is 0. The van der Waals surface area contributed by atoms with Crippen molar-refractivity contribution in [3.8, 4) is 0 Å². The maximum atomic E-state index is 6.20. The van der Waals surface area contributed by atoms with Gasteiger partial charge in [-0.15, -0.1) is 0 Å². The van der Waals surface area contributed by atoms with E-state index in [1.54, 1.807) is 12.3 Å². The van der Waals surface area contributed by atoms with Gasteiger partial charge in [-0.05, 0) is 47.1 Å². The predicted molar refractivity (Wildman–Crippen MR) is 78.4 cm³/mol. The highest BCUT2D eigenvalue weighted by Crippen LogP contribution is 2.31. The van der Waals surface area contributed by atoms with Crippen LogP contribution in [0.1, 0.15) is 17.2 Å². The second-order valence-corrected chi connectivity index (χ2v) is 5.41. The molecule has 0 saturated carbocycles. The lowest BCUT2D eigenvalue weighted by atomic mass is 10.0. The fraction of sp³-hybridized carbons (Fsp3) is 0.231. The van der Waals surface area contributed by atoms with E-state index in [2.05, 4.69) is 21.2 Å². The van der Waals surface area contributed by atoms with Crippen LogP contribution in [0.5, 0.6) is 0 Å². The Bertz CT molecular complexity index is 542. The van der Waals surface area contributed by atoms with E-state index < -0.39 is 0 Å². The molecule has 0 aliphatic rings. The zero-order valence-corrected chi connectivity index (χ0v) is 12.8. The van der Waals surface area contributed by atoms with Crippen LogP contribution >= 0.6 is 39.1 Å². The molecule has 2 rings (SSSR count). The number of halogens is 3. The SMILES string of the molecule is CNC(Cc1cccc(Cl)c1Cl)c1ccoc1Br. The van der Waals surface area contributed by atoms with Gasteiger partial charge in [0, 0.05) is 11.6 Å². The lowest BCUT2D eigenvalue weighted by Crippen LogP contribution is -2.18. The molecule has 0 amide bonds. The van der Waals surface area contributed by atoms with Crippen molar-refractivity contribution >= 4 is 39.1 Å². The smallest absolute Gasteiger partial charge is 0.173 e. The van der Waals surface area contributed by atoms with Crippen LogP contribution in [0.4, 0.5) is 0 Å². The van der Waals surface area contributed by atoms with E-state index in [-0.39, 0.29) is 6.04 Å². The number of hydrogen-bond donors (Lipinski definition) is 1. The molecular weight excluding hydrogens is 337 g/mol. The van der Waals surface area contributed by atoms with Gasteiger partial charge in [-0.1, -0.05) is 35.3 Å². The summed E-state index contributed by atoms with van der Waals surface area (Å²) in [7, 11) is 1.91. The number of hydrogen-bond acceptors (Lipinski definition) is 2. The maximum absolute atomic E-state index is 6.20. The van der Waals surface area contributed by atoms with E-state index in [0.29, 0.717) is 10.0 Å². The largest absolute Gasteiger partial charge is 0.457 e. The summed E-state index contributed by atoms with van der Waals surface area (Å²) in [6.07, 6.45) is 2.40. The fourth-order valence-electron chi connectivity index (χ4n) is 1.85. The van der Waals surface area contributed by atoms with Crippen LogP contribution < -0.4 is 5.32 Å². The van der Waals surface area contributed by atoms with Crippen molar-refractivity contribution in [2.75, 3.05) is 7.05 Å². The molecule has 96 valence electrons. The number of rotatable bonds is 4. The van der Waals surface area contributed by atoms with Gasteiger partial charge in [-0.3, -0.25) is 0 Å². The first-order valence-electron chi connectivity index (χ1n) is 5.46. The van der Waals surface area contributed by atoms with Crippen LogP contribution in [0, 0.1) is 0 Å². The van der Waals surface area contributed by atoms with Crippen LogP contribution in [0.15, 0.2) is 39.6 Å². The van der Waals surface area contributed by atoms with Crippen molar-refractivity contribution in [3.05, 3.63) is 56.4 Å². The monoisotopic (exact) mass is 347 g/mol. The average Bonchev–Trinajstić information content (AvgIpc) is 2.77. The first-order valence-corrected chi connectivity index (χ1v) is 7.01. The van der Waals surface area contributed by atoms with Gasteiger partial charge in [0.25, 0.3) is 0 Å². The highest BCUT2D eigenvalue weighted by molar-refractivity contribution is 9.10. The molecule has 0 saturated heterocycles. The number of nitrogens with one attached hydrogen (secondary N) is 1. The Morgan fingerprint density at radius 1 is 1.33 bits per heavy atom. The number of furan rings is 1. The normalized spacial score (nSPS) is 12.7. The van der Waals surface area contributed by atoms with Gasteiger partial charge in [-0.2, -0.15) is 0 Å². The van der Waals surface area contributed by atoms with E-state index in [9.17, 15) is 0 Å². The lowest BCUT2D eigenvalue weighted by molar-refractivity contribution is 0.518. The Morgan fingerprint density at radius 2 is 2.11 bits per heavy atom. The fourth-order valence-corrected chi connectivity index (χ4v) is 2.76. The first-order chi connectivity index (χ1) is 8.63. The Kier molecular flexibility index (Phi) is 4.73. The van der Waals surface area contributed by atoms with Gasteiger partial charge in [-0.25, -0.2) is 0 Å². The standard InChI is InChI=1S/C13H12BrCl2NO/c1-17-11(9-5-6-18-13(9)14)7-8-3-2-4-10(15)12(8)16/h2-6,11,17H,7H2,1H3. The molecule has 0 aliphatic heterocycles. The Morgan fingerprint density at radius 3 is 2.72 bits per heavy atom. The Labute approximate surface area is 124 Å². The van der Waals surface area contributed by atoms with E-state index in [1.807, 2.05) is 25.2 Å². The van der Waals surface area contributed by atoms with E-state index in [4.69, 9.17) is 27.6 Å². The molecule has 1 unspecified atom stereocenters. The van der Waals surface area contributed by atoms with Gasteiger partial charge >= 0.3 is 0 Å². The van der Waals surface area contributed by atoms with Crippen LogP contribution in [0.2, 0.25) is 10.0 Å². The number of benzene rings is 1. The third-order valence-electron chi connectivity index (χ3n) is 2.83. The summed E-state index contributed by atoms with van der Waals surface area (Å²) in [5.74, 6) is 0. The first kappa shape index (κ1) is 13.9. The van der Waals surface area contributed by atoms with Gasteiger partial charge in [0.15, 0.2) is 4.67 Å². The summed E-state index contributed by atoms with van der Waals surface area (Å²) >= 11 is 15.6. The minimum absolute atomic E-state index is 0.120. The zero-order chi connectivity index (χ0) is 13.1. The third kappa shape index (κ3) is 2.91. The lowest BCUT2D eigenvalue weighted by Gasteiger charge is -2.16. The molecule has 5 heteroatoms. The van der Waals surface area contributed by atoms with Gasteiger partial charge in [0.1, 0.15) is 0 Å². The van der Waals surface area contributed by atoms with E-state index >= 15 is 0 Å². The number of likely N-dealkylation sites (N-methyl/N-ethyl adjacent to an activating group) is 1. The summed E-state index contributed by atoms with van der Waals surface area (Å²) in [5.41, 5.74) is 2.07. The van der Waals surface area contributed by atoms with Crippen LogP contribution in [0.3, 0.4) is 0 Å².